The van der Waals surface area contributed by atoms with Crippen LogP contribution in [0.5, 0.6) is 0 Å². The Morgan fingerprint density at radius 3 is 2.11 bits per heavy atom. The second-order valence-corrected chi connectivity index (χ2v) is 7.30. The molecule has 1 atom stereocenters. The molecule has 0 aromatic rings. The summed E-state index contributed by atoms with van der Waals surface area (Å²) in [6, 6.07) is 0. The van der Waals surface area contributed by atoms with Crippen LogP contribution in [0.2, 0.25) is 0 Å². The van der Waals surface area contributed by atoms with Crippen molar-refractivity contribution in [2.24, 2.45) is 5.73 Å². The number of nitrogens with one attached hydrogen (secondary N) is 1. The maximum atomic E-state index is 11.9. The van der Waals surface area contributed by atoms with Crippen molar-refractivity contribution in [2.45, 2.75) is 77.9 Å². The third-order valence-corrected chi connectivity index (χ3v) is 4.48. The number of rotatable bonds is 16. The smallest absolute Gasteiger partial charge is 0.333 e. The van der Waals surface area contributed by atoms with Gasteiger partial charge >= 0.3 is 5.97 Å². The monoisotopic (exact) mass is 417 g/mol. The lowest BCUT2D eigenvalue weighted by atomic mass is 10.1. The number of nitrogens with two attached hydrogens (primary N) is 1. The van der Waals surface area contributed by atoms with Crippen molar-refractivity contribution in [1.29, 1.82) is 0 Å². The Hall–Kier alpha value is -1.74. The standard InChI is InChI=1S/C19H35N3O5S/c1-3-18(27-19(26)14-23)21-17(25)11-7-5-9-13-22(15(2)28)12-8-4-6-10-16(20)24/h18,23H,3-14H2,1-2H3,(H2,20,24)(H,21,25). The van der Waals surface area contributed by atoms with Crippen molar-refractivity contribution in [3.8, 4) is 0 Å². The third kappa shape index (κ3) is 14.3. The SMILES string of the molecule is CCC(NC(=O)CCCCCN(CCCCCC(N)=O)C(C)=S)OC(=O)CO. The van der Waals surface area contributed by atoms with Gasteiger partial charge in [-0.2, -0.15) is 0 Å². The van der Waals surface area contributed by atoms with Crippen LogP contribution in [0.1, 0.15) is 71.6 Å². The molecular weight excluding hydrogens is 382 g/mol. The fraction of sp³-hybridized carbons (Fsp3) is 0.789. The van der Waals surface area contributed by atoms with Crippen LogP contribution < -0.4 is 11.1 Å². The predicted molar refractivity (Wildman–Crippen MR) is 111 cm³/mol. The van der Waals surface area contributed by atoms with Crippen molar-refractivity contribution in [2.75, 3.05) is 19.7 Å². The topological polar surface area (TPSA) is 122 Å². The molecule has 0 bridgehead atoms. The number of primary amides is 1. The molecule has 0 saturated carbocycles. The number of nitrogens with zero attached hydrogens (tertiary/aromatic N) is 1. The number of unbranched alkanes of at least 4 members (excludes halogenated alkanes) is 4. The molecule has 0 aliphatic rings. The van der Waals surface area contributed by atoms with Crippen LogP contribution in [0.15, 0.2) is 0 Å². The molecule has 0 aliphatic heterocycles. The van der Waals surface area contributed by atoms with Gasteiger partial charge < -0.3 is 25.8 Å². The molecule has 9 heteroatoms. The minimum Gasteiger partial charge on any atom is -0.440 e. The number of amides is 2. The van der Waals surface area contributed by atoms with Crippen LogP contribution in [0.3, 0.4) is 0 Å². The van der Waals surface area contributed by atoms with Crippen molar-refractivity contribution in [1.82, 2.24) is 10.2 Å². The van der Waals surface area contributed by atoms with E-state index in [9.17, 15) is 14.4 Å². The second kappa shape index (κ2) is 16.2. The summed E-state index contributed by atoms with van der Waals surface area (Å²) in [7, 11) is 0. The molecule has 0 aromatic heterocycles. The minimum atomic E-state index is -0.752. The highest BCUT2D eigenvalue weighted by molar-refractivity contribution is 7.80. The third-order valence-electron chi connectivity index (χ3n) is 4.22. The number of hydrogen-bond acceptors (Lipinski definition) is 6. The van der Waals surface area contributed by atoms with Gasteiger partial charge in [-0.3, -0.25) is 9.59 Å². The summed E-state index contributed by atoms with van der Waals surface area (Å²) in [6.07, 6.45) is 5.81. The molecule has 162 valence electrons. The van der Waals surface area contributed by atoms with E-state index in [0.29, 0.717) is 19.3 Å². The first-order valence-corrected chi connectivity index (χ1v) is 10.3. The van der Waals surface area contributed by atoms with E-state index < -0.39 is 18.8 Å². The van der Waals surface area contributed by atoms with E-state index in [1.54, 1.807) is 6.92 Å². The molecule has 0 radical (unpaired) electrons. The van der Waals surface area contributed by atoms with Crippen molar-refractivity contribution >= 4 is 35.0 Å². The van der Waals surface area contributed by atoms with Gasteiger partial charge in [0, 0.05) is 32.4 Å². The first kappa shape index (κ1) is 26.3. The summed E-state index contributed by atoms with van der Waals surface area (Å²) >= 11 is 5.29. The molecule has 0 aliphatic carbocycles. The van der Waals surface area contributed by atoms with E-state index in [1.165, 1.54) is 0 Å². The maximum Gasteiger partial charge on any atom is 0.333 e. The van der Waals surface area contributed by atoms with E-state index in [1.807, 2.05) is 6.92 Å². The molecule has 1 unspecified atom stereocenters. The average molecular weight is 418 g/mol. The van der Waals surface area contributed by atoms with Crippen molar-refractivity contribution < 1.29 is 24.2 Å². The van der Waals surface area contributed by atoms with Crippen molar-refractivity contribution in [3.05, 3.63) is 0 Å². The van der Waals surface area contributed by atoms with Gasteiger partial charge in [0.25, 0.3) is 0 Å². The Morgan fingerprint density at radius 2 is 1.64 bits per heavy atom. The van der Waals surface area contributed by atoms with Gasteiger partial charge in [0.15, 0.2) is 6.23 Å². The van der Waals surface area contributed by atoms with E-state index in [4.69, 9.17) is 27.8 Å². The molecule has 0 aromatic carbocycles. The Morgan fingerprint density at radius 1 is 1.07 bits per heavy atom. The number of hydrogen-bond donors (Lipinski definition) is 3. The van der Waals surface area contributed by atoms with Crippen LogP contribution >= 0.6 is 12.2 Å². The Balaban J connectivity index is 3.94. The lowest BCUT2D eigenvalue weighted by Gasteiger charge is -2.23. The molecule has 0 fully saturated rings. The first-order valence-electron chi connectivity index (χ1n) is 9.93. The van der Waals surface area contributed by atoms with Crippen LogP contribution in [-0.2, 0) is 19.1 Å². The van der Waals surface area contributed by atoms with Crippen LogP contribution in [0.25, 0.3) is 0 Å². The fourth-order valence-electron chi connectivity index (χ4n) is 2.63. The zero-order valence-electron chi connectivity index (χ0n) is 17.1. The van der Waals surface area contributed by atoms with Gasteiger partial charge in [0.1, 0.15) is 6.61 Å². The maximum absolute atomic E-state index is 11.9. The van der Waals surface area contributed by atoms with E-state index in [-0.39, 0.29) is 11.8 Å². The highest BCUT2D eigenvalue weighted by Gasteiger charge is 2.14. The molecule has 4 N–H and O–H groups in total. The quantitative estimate of drug-likeness (QED) is 0.151. The molecule has 8 nitrogen and oxygen atoms in total. The van der Waals surface area contributed by atoms with E-state index in [0.717, 1.165) is 56.6 Å². The first-order chi connectivity index (χ1) is 13.3. The largest absolute Gasteiger partial charge is 0.440 e. The minimum absolute atomic E-state index is 0.171. The van der Waals surface area contributed by atoms with E-state index in [2.05, 4.69) is 10.2 Å². The van der Waals surface area contributed by atoms with Crippen LogP contribution in [0, 0.1) is 0 Å². The molecule has 0 spiro atoms. The van der Waals surface area contributed by atoms with Gasteiger partial charge in [-0.05, 0) is 32.6 Å². The molecule has 2 amide bonds. The van der Waals surface area contributed by atoms with Gasteiger partial charge in [0.2, 0.25) is 11.8 Å². The number of aliphatic hydroxyl groups is 1. The van der Waals surface area contributed by atoms with E-state index >= 15 is 0 Å². The van der Waals surface area contributed by atoms with Gasteiger partial charge in [0.05, 0.1) is 4.99 Å². The summed E-state index contributed by atoms with van der Waals surface area (Å²) in [6.45, 7) is 4.70. The summed E-state index contributed by atoms with van der Waals surface area (Å²) in [5.74, 6) is -1.18. The number of thiocarbonyl (C=S) groups is 1. The lowest BCUT2D eigenvalue weighted by Crippen LogP contribution is -2.38. The molecule has 28 heavy (non-hydrogen) atoms. The van der Waals surface area contributed by atoms with Crippen LogP contribution in [-0.4, -0.2) is 58.7 Å². The summed E-state index contributed by atoms with van der Waals surface area (Å²) in [5, 5.41) is 11.3. The number of ether oxygens (including phenoxy) is 1. The second-order valence-electron chi connectivity index (χ2n) is 6.71. The molecule has 0 saturated heterocycles. The molecule has 0 heterocycles. The highest BCUT2D eigenvalue weighted by Crippen LogP contribution is 2.07. The molecular formula is C19H35N3O5S. The van der Waals surface area contributed by atoms with Crippen molar-refractivity contribution in [3.63, 3.8) is 0 Å². The number of carbonyl (C=O) groups excluding carboxylic acids is 3. The summed E-state index contributed by atoms with van der Waals surface area (Å²) in [5.41, 5.74) is 5.13. The highest BCUT2D eigenvalue weighted by atomic mass is 32.1. The van der Waals surface area contributed by atoms with Gasteiger partial charge in [-0.15, -0.1) is 0 Å². The van der Waals surface area contributed by atoms with Gasteiger partial charge in [-0.1, -0.05) is 32.0 Å². The Labute approximate surface area is 173 Å². The average Bonchev–Trinajstić information content (AvgIpc) is 2.64. The lowest BCUT2D eigenvalue weighted by molar-refractivity contribution is -0.155. The zero-order valence-corrected chi connectivity index (χ0v) is 17.9. The predicted octanol–water partition coefficient (Wildman–Crippen LogP) is 1.63. The van der Waals surface area contributed by atoms with Crippen LogP contribution in [0.4, 0.5) is 0 Å². The number of esters is 1. The summed E-state index contributed by atoms with van der Waals surface area (Å²) < 4.78 is 4.91. The zero-order chi connectivity index (χ0) is 21.4. The number of aliphatic hydroxyl groups excluding tert-OH is 1. The Kier molecular flexibility index (Phi) is 15.2. The van der Waals surface area contributed by atoms with Gasteiger partial charge in [-0.25, -0.2) is 4.79 Å². The normalized spacial score (nSPS) is 11.5. The molecule has 0 rings (SSSR count). The number of carbonyl (C=O) groups is 3. The Bertz CT molecular complexity index is 502. The summed E-state index contributed by atoms with van der Waals surface area (Å²) in [4.78, 5) is 36.7. The fourth-order valence-corrected chi connectivity index (χ4v) is 2.82.